The van der Waals surface area contributed by atoms with E-state index in [-0.39, 0.29) is 11.8 Å². The molecule has 2 unspecified atom stereocenters. The molecule has 0 N–H and O–H groups in total. The highest BCUT2D eigenvalue weighted by molar-refractivity contribution is 6.24. The van der Waals surface area contributed by atoms with Crippen molar-refractivity contribution >= 4 is 17.5 Å². The number of likely N-dealkylation sites (N-methyl/N-ethyl adjacent to an activating group) is 1. The Balaban J connectivity index is 1.41. The largest absolute Gasteiger partial charge is 0.493 e. The van der Waals surface area contributed by atoms with Gasteiger partial charge in [0.25, 0.3) is 11.8 Å². The van der Waals surface area contributed by atoms with Crippen molar-refractivity contribution < 1.29 is 19.1 Å². The average Bonchev–Trinajstić information content (AvgIpc) is 3.24. The second-order valence-corrected chi connectivity index (χ2v) is 10.7. The summed E-state index contributed by atoms with van der Waals surface area (Å²) < 4.78 is 10.9. The van der Waals surface area contributed by atoms with Crippen molar-refractivity contribution in [2.24, 2.45) is 0 Å². The van der Waals surface area contributed by atoms with Gasteiger partial charge in [-0.15, -0.1) is 0 Å². The molecule has 0 spiro atoms. The fourth-order valence-corrected chi connectivity index (χ4v) is 5.87. The third kappa shape index (κ3) is 5.17. The van der Waals surface area contributed by atoms with Gasteiger partial charge < -0.3 is 19.3 Å². The van der Waals surface area contributed by atoms with E-state index in [2.05, 4.69) is 41.0 Å². The number of nitrogens with zero attached hydrogens (tertiary/aromatic N) is 4. The minimum atomic E-state index is -0.487. The third-order valence-corrected chi connectivity index (χ3v) is 8.05. The minimum Gasteiger partial charge on any atom is -0.493 e. The Kier molecular flexibility index (Phi) is 8.09. The number of carbonyl (C=O) groups excluding carboxylic acids is 2. The van der Waals surface area contributed by atoms with E-state index in [0.717, 1.165) is 37.4 Å². The molecule has 8 nitrogen and oxygen atoms in total. The van der Waals surface area contributed by atoms with Crippen molar-refractivity contribution in [3.63, 3.8) is 0 Å². The van der Waals surface area contributed by atoms with Crippen LogP contribution in [0, 0.1) is 0 Å². The summed E-state index contributed by atoms with van der Waals surface area (Å²) in [4.78, 5) is 36.0. The van der Waals surface area contributed by atoms with E-state index in [1.807, 2.05) is 55.4 Å². The van der Waals surface area contributed by atoms with Crippen LogP contribution in [0.1, 0.15) is 50.9 Å². The molecule has 0 aliphatic carbocycles. The summed E-state index contributed by atoms with van der Waals surface area (Å²) in [7, 11) is 7.04. The predicted octanol–water partition coefficient (Wildman–Crippen LogP) is 4.49. The second-order valence-electron chi connectivity index (χ2n) is 10.7. The molecule has 3 aromatic carbocycles. The molecule has 2 amide bonds. The Bertz CT molecular complexity index is 1370. The van der Waals surface area contributed by atoms with Crippen LogP contribution >= 0.6 is 0 Å². The zero-order valence-corrected chi connectivity index (χ0v) is 24.0. The number of amides is 2. The maximum Gasteiger partial charge on any atom is 0.264 e. The number of fused-ring (bicyclic) bond motifs is 1. The van der Waals surface area contributed by atoms with Gasteiger partial charge in [0, 0.05) is 38.8 Å². The standard InChI is InChI=1S/C32H38N4O4/c1-22(23-10-7-6-8-11-23)34-16-18-35(19-17-34)26-13-9-12-25-30(26)32(38)36(31(25)37)27(21-33(2)3)24-14-15-28(39-4)29(20-24)40-5/h6-15,20,22,27H,16-19,21H2,1-5H3. The van der Waals surface area contributed by atoms with Crippen molar-refractivity contribution in [1.29, 1.82) is 0 Å². The minimum absolute atomic E-state index is 0.252. The van der Waals surface area contributed by atoms with E-state index < -0.39 is 6.04 Å². The summed E-state index contributed by atoms with van der Waals surface area (Å²) in [5, 5.41) is 0. The van der Waals surface area contributed by atoms with Crippen LogP contribution in [0.2, 0.25) is 0 Å². The van der Waals surface area contributed by atoms with E-state index >= 15 is 0 Å². The monoisotopic (exact) mass is 542 g/mol. The molecule has 0 radical (unpaired) electrons. The van der Waals surface area contributed by atoms with Crippen LogP contribution < -0.4 is 14.4 Å². The van der Waals surface area contributed by atoms with Crippen LogP contribution in [0.25, 0.3) is 0 Å². The maximum absolute atomic E-state index is 14.1. The maximum atomic E-state index is 14.1. The molecule has 2 heterocycles. The SMILES string of the molecule is COc1ccc(C(CN(C)C)N2C(=O)c3cccc(N4CCN(C(C)c5ccccc5)CC4)c3C2=O)cc1OC. The van der Waals surface area contributed by atoms with Crippen molar-refractivity contribution in [3.8, 4) is 11.5 Å². The van der Waals surface area contributed by atoms with E-state index in [0.29, 0.717) is 35.2 Å². The smallest absolute Gasteiger partial charge is 0.264 e. The van der Waals surface area contributed by atoms with E-state index in [9.17, 15) is 9.59 Å². The van der Waals surface area contributed by atoms with Crippen LogP contribution in [-0.4, -0.2) is 87.6 Å². The summed E-state index contributed by atoms with van der Waals surface area (Å²) in [5.74, 6) is 0.640. The first-order valence-electron chi connectivity index (χ1n) is 13.8. The van der Waals surface area contributed by atoms with Crippen LogP contribution in [0.5, 0.6) is 11.5 Å². The molecule has 1 saturated heterocycles. The molecule has 2 aliphatic rings. The lowest BCUT2D eigenvalue weighted by molar-refractivity contribution is 0.0557. The third-order valence-electron chi connectivity index (χ3n) is 8.05. The average molecular weight is 543 g/mol. The summed E-state index contributed by atoms with van der Waals surface area (Å²) in [6.07, 6.45) is 0. The lowest BCUT2D eigenvalue weighted by Crippen LogP contribution is -2.47. The van der Waals surface area contributed by atoms with Gasteiger partial charge in [-0.3, -0.25) is 19.4 Å². The van der Waals surface area contributed by atoms with Gasteiger partial charge in [0.05, 0.1) is 37.1 Å². The van der Waals surface area contributed by atoms with Crippen LogP contribution in [0.3, 0.4) is 0 Å². The summed E-state index contributed by atoms with van der Waals surface area (Å²) in [6.45, 7) is 6.04. The number of imide groups is 1. The molecule has 0 aromatic heterocycles. The van der Waals surface area contributed by atoms with E-state index in [1.54, 1.807) is 20.3 Å². The predicted molar refractivity (Wildman–Crippen MR) is 156 cm³/mol. The highest BCUT2D eigenvalue weighted by Gasteiger charge is 2.43. The van der Waals surface area contributed by atoms with Gasteiger partial charge in [0.1, 0.15) is 0 Å². The molecule has 210 valence electrons. The lowest BCUT2D eigenvalue weighted by atomic mass is 10.0. The highest BCUT2D eigenvalue weighted by atomic mass is 16.5. The van der Waals surface area contributed by atoms with Gasteiger partial charge in [-0.25, -0.2) is 0 Å². The number of ether oxygens (including phenoxy) is 2. The van der Waals surface area contributed by atoms with Gasteiger partial charge in [-0.2, -0.15) is 0 Å². The zero-order valence-electron chi connectivity index (χ0n) is 24.0. The van der Waals surface area contributed by atoms with Crippen LogP contribution in [-0.2, 0) is 0 Å². The number of rotatable bonds is 9. The molecule has 1 fully saturated rings. The van der Waals surface area contributed by atoms with Crippen LogP contribution in [0.4, 0.5) is 5.69 Å². The van der Waals surface area contributed by atoms with Gasteiger partial charge in [0.15, 0.2) is 11.5 Å². The van der Waals surface area contributed by atoms with E-state index in [4.69, 9.17) is 9.47 Å². The number of carbonyl (C=O) groups is 2. The number of anilines is 1. The van der Waals surface area contributed by atoms with Gasteiger partial charge in [0.2, 0.25) is 0 Å². The number of hydrogen-bond donors (Lipinski definition) is 0. The molecule has 3 aromatic rings. The molecule has 0 saturated carbocycles. The van der Waals surface area contributed by atoms with Crippen molar-refractivity contribution in [1.82, 2.24) is 14.7 Å². The highest BCUT2D eigenvalue weighted by Crippen LogP contribution is 2.39. The second kappa shape index (κ2) is 11.7. The molecule has 2 atom stereocenters. The molecular formula is C32H38N4O4. The Morgan fingerprint density at radius 1 is 0.800 bits per heavy atom. The fourth-order valence-electron chi connectivity index (χ4n) is 5.87. The molecule has 0 bridgehead atoms. The van der Waals surface area contributed by atoms with E-state index in [1.165, 1.54) is 10.5 Å². The summed E-state index contributed by atoms with van der Waals surface area (Å²) >= 11 is 0. The Labute approximate surface area is 236 Å². The lowest BCUT2D eigenvalue weighted by Gasteiger charge is -2.39. The summed E-state index contributed by atoms with van der Waals surface area (Å²) in [6, 6.07) is 21.6. The van der Waals surface area contributed by atoms with Gasteiger partial charge in [-0.05, 0) is 56.4 Å². The molecule has 2 aliphatic heterocycles. The first-order chi connectivity index (χ1) is 19.3. The van der Waals surface area contributed by atoms with Crippen molar-refractivity contribution in [3.05, 3.63) is 89.0 Å². The number of hydrogen-bond acceptors (Lipinski definition) is 7. The Morgan fingerprint density at radius 2 is 1.50 bits per heavy atom. The van der Waals surface area contributed by atoms with Crippen molar-refractivity contribution in [2.45, 2.75) is 19.0 Å². The van der Waals surface area contributed by atoms with Crippen LogP contribution in [0.15, 0.2) is 66.7 Å². The number of benzene rings is 3. The quantitative estimate of drug-likeness (QED) is 0.369. The molecule has 8 heteroatoms. The number of methoxy groups -OCH3 is 2. The molecule has 40 heavy (non-hydrogen) atoms. The number of piperazine rings is 1. The normalized spacial score (nSPS) is 17.2. The topological polar surface area (TPSA) is 65.6 Å². The Morgan fingerprint density at radius 3 is 2.15 bits per heavy atom. The molecule has 5 rings (SSSR count). The molecular weight excluding hydrogens is 504 g/mol. The zero-order chi connectivity index (χ0) is 28.4. The van der Waals surface area contributed by atoms with Crippen molar-refractivity contribution in [2.75, 3.05) is 65.9 Å². The first-order valence-corrected chi connectivity index (χ1v) is 13.8. The summed E-state index contributed by atoms with van der Waals surface area (Å²) in [5.41, 5.74) is 3.91. The first kappa shape index (κ1) is 27.7. The Hall–Kier alpha value is -3.88. The van der Waals surface area contributed by atoms with Gasteiger partial charge in [-0.1, -0.05) is 42.5 Å². The fraction of sp³-hybridized carbons (Fsp3) is 0.375. The van der Waals surface area contributed by atoms with Gasteiger partial charge >= 0.3 is 0 Å².